The third kappa shape index (κ3) is 4.69. The maximum Gasteiger partial charge on any atom is 0.273 e. The van der Waals surface area contributed by atoms with Crippen LogP contribution in [0.3, 0.4) is 0 Å². The van der Waals surface area contributed by atoms with Crippen LogP contribution in [0.2, 0.25) is 10.0 Å². The number of halogens is 2. The van der Waals surface area contributed by atoms with E-state index in [1.807, 2.05) is 20.8 Å². The Morgan fingerprint density at radius 2 is 1.66 bits per heavy atom. The second-order valence-electron chi connectivity index (χ2n) is 7.78. The molecular weight excluding hydrogens is 409 g/mol. The molecule has 150 valence electrons. The van der Waals surface area contributed by atoms with Gasteiger partial charge in [-0.05, 0) is 36.4 Å². The lowest BCUT2D eigenvalue weighted by Gasteiger charge is -2.13. The van der Waals surface area contributed by atoms with Gasteiger partial charge in [0.15, 0.2) is 5.78 Å². The maximum absolute atomic E-state index is 12.8. The molecule has 5 nitrogen and oxygen atoms in total. The number of nitrogens with one attached hydrogen (secondary N) is 1. The Morgan fingerprint density at radius 1 is 0.966 bits per heavy atom. The van der Waals surface area contributed by atoms with Crippen molar-refractivity contribution in [1.82, 2.24) is 9.78 Å². The molecule has 0 atom stereocenters. The van der Waals surface area contributed by atoms with E-state index in [9.17, 15) is 9.59 Å². The third-order valence-corrected chi connectivity index (χ3v) is 5.18. The van der Waals surface area contributed by atoms with Crippen LogP contribution >= 0.6 is 23.2 Å². The molecule has 2 aromatic carbocycles. The Bertz CT molecular complexity index is 1100. The van der Waals surface area contributed by atoms with Gasteiger partial charge in [0.2, 0.25) is 0 Å². The van der Waals surface area contributed by atoms with E-state index >= 15 is 0 Å². The van der Waals surface area contributed by atoms with Crippen LogP contribution in [0.1, 0.15) is 52.9 Å². The van der Waals surface area contributed by atoms with Gasteiger partial charge in [0, 0.05) is 29.3 Å². The molecule has 0 aliphatic heterocycles. The number of hydrogen-bond acceptors (Lipinski definition) is 3. The van der Waals surface area contributed by atoms with E-state index in [1.165, 1.54) is 6.07 Å². The molecule has 7 heteroatoms. The van der Waals surface area contributed by atoms with Crippen LogP contribution in [0, 0.1) is 0 Å². The molecular formula is C22H21Cl2N3O2. The second-order valence-corrected chi connectivity index (χ2v) is 8.60. The number of carbonyl (C=O) groups is 2. The second kappa shape index (κ2) is 8.01. The predicted molar refractivity (Wildman–Crippen MR) is 116 cm³/mol. The molecule has 0 bridgehead atoms. The van der Waals surface area contributed by atoms with Crippen molar-refractivity contribution >= 4 is 40.6 Å². The smallest absolute Gasteiger partial charge is 0.273 e. The van der Waals surface area contributed by atoms with Gasteiger partial charge in [-0.25, -0.2) is 0 Å². The van der Waals surface area contributed by atoms with Gasteiger partial charge in [0.1, 0.15) is 5.69 Å². The zero-order chi connectivity index (χ0) is 21.3. The van der Waals surface area contributed by atoms with E-state index in [0.29, 0.717) is 32.6 Å². The zero-order valence-corrected chi connectivity index (χ0v) is 18.1. The van der Waals surface area contributed by atoms with Crippen LogP contribution in [0.5, 0.6) is 0 Å². The summed E-state index contributed by atoms with van der Waals surface area (Å²) in [6.45, 7) is 6.11. The van der Waals surface area contributed by atoms with Crippen LogP contribution in [0.4, 0.5) is 5.69 Å². The monoisotopic (exact) mass is 429 g/mol. The number of ketones is 1. The molecule has 0 saturated heterocycles. The summed E-state index contributed by atoms with van der Waals surface area (Å²) in [6.07, 6.45) is 0. The Balaban J connectivity index is 1.83. The predicted octanol–water partition coefficient (Wildman–Crippen LogP) is 5.51. The molecule has 0 fully saturated rings. The molecule has 0 spiro atoms. The summed E-state index contributed by atoms with van der Waals surface area (Å²) in [7, 11) is 1.73. The summed E-state index contributed by atoms with van der Waals surface area (Å²) < 4.78 is 1.56. The summed E-state index contributed by atoms with van der Waals surface area (Å²) in [5, 5.41) is 7.95. The van der Waals surface area contributed by atoms with Gasteiger partial charge in [-0.2, -0.15) is 5.10 Å². The Labute approximate surface area is 179 Å². The normalized spacial score (nSPS) is 11.4. The molecule has 0 unspecified atom stereocenters. The highest BCUT2D eigenvalue weighted by atomic mass is 35.5. The van der Waals surface area contributed by atoms with Gasteiger partial charge in [0.05, 0.1) is 15.7 Å². The standard InChI is InChI=1S/C22H21Cl2N3O2/c1-22(2,3)19-12-18(27(4)26-19)21(29)25-15-7-5-6-13(10-15)20(28)14-8-9-16(23)17(24)11-14/h5-12H,1-4H3,(H,25,29). The van der Waals surface area contributed by atoms with Gasteiger partial charge in [0.25, 0.3) is 5.91 Å². The average Bonchev–Trinajstić information content (AvgIpc) is 3.06. The van der Waals surface area contributed by atoms with Crippen molar-refractivity contribution < 1.29 is 9.59 Å². The topological polar surface area (TPSA) is 64.0 Å². The summed E-state index contributed by atoms with van der Waals surface area (Å²) >= 11 is 11.9. The van der Waals surface area contributed by atoms with Crippen molar-refractivity contribution in [3.05, 3.63) is 81.1 Å². The Kier molecular flexibility index (Phi) is 5.82. The lowest BCUT2D eigenvalue weighted by Crippen LogP contribution is -2.16. The highest BCUT2D eigenvalue weighted by Gasteiger charge is 2.22. The first-order valence-corrected chi connectivity index (χ1v) is 9.77. The van der Waals surface area contributed by atoms with Crippen LogP contribution in [-0.4, -0.2) is 21.5 Å². The summed E-state index contributed by atoms with van der Waals surface area (Å²) in [5.74, 6) is -0.509. The lowest BCUT2D eigenvalue weighted by molar-refractivity contribution is 0.101. The van der Waals surface area contributed by atoms with Gasteiger partial charge < -0.3 is 5.32 Å². The molecule has 1 heterocycles. The maximum atomic E-state index is 12.8. The summed E-state index contributed by atoms with van der Waals surface area (Å²) in [5.41, 5.74) is 2.47. The van der Waals surface area contributed by atoms with Crippen LogP contribution < -0.4 is 5.32 Å². The molecule has 0 saturated carbocycles. The van der Waals surface area contributed by atoms with Gasteiger partial charge >= 0.3 is 0 Å². The van der Waals surface area contributed by atoms with Crippen molar-refractivity contribution in [1.29, 1.82) is 0 Å². The van der Waals surface area contributed by atoms with Crippen molar-refractivity contribution in [2.45, 2.75) is 26.2 Å². The Morgan fingerprint density at radius 3 is 2.28 bits per heavy atom. The number of carbonyl (C=O) groups excluding carboxylic acids is 2. The van der Waals surface area contributed by atoms with Gasteiger partial charge in [-0.3, -0.25) is 14.3 Å². The van der Waals surface area contributed by atoms with Crippen molar-refractivity contribution in [2.24, 2.45) is 7.05 Å². The zero-order valence-electron chi connectivity index (χ0n) is 16.6. The largest absolute Gasteiger partial charge is 0.321 e. The number of nitrogens with zero attached hydrogens (tertiary/aromatic N) is 2. The Hall–Kier alpha value is -2.63. The van der Waals surface area contributed by atoms with Crippen LogP contribution in [0.15, 0.2) is 48.5 Å². The van der Waals surface area contributed by atoms with E-state index in [1.54, 1.807) is 54.2 Å². The fraction of sp³-hybridized carbons (Fsp3) is 0.227. The van der Waals surface area contributed by atoms with Gasteiger partial charge in [-0.15, -0.1) is 0 Å². The SMILES string of the molecule is Cn1nc(C(C)(C)C)cc1C(=O)Nc1cccc(C(=O)c2ccc(Cl)c(Cl)c2)c1. The minimum absolute atomic E-state index is 0.164. The number of anilines is 1. The number of rotatable bonds is 4. The molecule has 1 aromatic heterocycles. The first kappa shape index (κ1) is 21.1. The number of amides is 1. The molecule has 1 amide bonds. The fourth-order valence-electron chi connectivity index (χ4n) is 2.78. The minimum Gasteiger partial charge on any atom is -0.321 e. The quantitative estimate of drug-likeness (QED) is 0.556. The highest BCUT2D eigenvalue weighted by molar-refractivity contribution is 6.42. The van der Waals surface area contributed by atoms with E-state index in [2.05, 4.69) is 10.4 Å². The molecule has 1 N–H and O–H groups in total. The molecule has 29 heavy (non-hydrogen) atoms. The summed E-state index contributed by atoms with van der Waals surface area (Å²) in [4.78, 5) is 25.5. The summed E-state index contributed by atoms with van der Waals surface area (Å²) in [6, 6.07) is 13.3. The van der Waals surface area contributed by atoms with E-state index < -0.39 is 0 Å². The highest BCUT2D eigenvalue weighted by Crippen LogP contribution is 2.25. The molecule has 3 aromatic rings. The number of hydrogen-bond donors (Lipinski definition) is 1. The first-order chi connectivity index (χ1) is 13.6. The first-order valence-electron chi connectivity index (χ1n) is 9.02. The molecule has 0 aliphatic carbocycles. The van der Waals surface area contributed by atoms with Crippen LogP contribution in [0.25, 0.3) is 0 Å². The molecule has 3 rings (SSSR count). The van der Waals surface area contributed by atoms with Crippen molar-refractivity contribution in [3.63, 3.8) is 0 Å². The number of aryl methyl sites for hydroxylation is 1. The van der Waals surface area contributed by atoms with E-state index in [4.69, 9.17) is 23.2 Å². The van der Waals surface area contributed by atoms with E-state index in [0.717, 1.165) is 5.69 Å². The van der Waals surface area contributed by atoms with Gasteiger partial charge in [-0.1, -0.05) is 56.1 Å². The van der Waals surface area contributed by atoms with Crippen LogP contribution in [-0.2, 0) is 12.5 Å². The molecule has 0 aliphatic rings. The van der Waals surface area contributed by atoms with Crippen molar-refractivity contribution in [3.8, 4) is 0 Å². The molecule has 0 radical (unpaired) electrons. The van der Waals surface area contributed by atoms with Crippen molar-refractivity contribution in [2.75, 3.05) is 5.32 Å². The number of benzene rings is 2. The average molecular weight is 430 g/mol. The number of aromatic nitrogens is 2. The van der Waals surface area contributed by atoms with E-state index in [-0.39, 0.29) is 17.1 Å². The lowest BCUT2D eigenvalue weighted by atomic mass is 9.92. The fourth-order valence-corrected chi connectivity index (χ4v) is 3.08. The minimum atomic E-state index is -0.297. The third-order valence-electron chi connectivity index (χ3n) is 4.45.